The molecule has 0 spiro atoms. The number of hydrogen-bond donors (Lipinski definition) is 1. The molecule has 0 aliphatic heterocycles. The Balaban J connectivity index is 1.93. The van der Waals surface area contributed by atoms with Gasteiger partial charge in [-0.1, -0.05) is 20.3 Å². The third-order valence-corrected chi connectivity index (χ3v) is 3.58. The molecule has 1 aromatic heterocycles. The summed E-state index contributed by atoms with van der Waals surface area (Å²) in [6.45, 7) is 6.51. The summed E-state index contributed by atoms with van der Waals surface area (Å²) in [5, 5.41) is 7.96. The molecule has 16 heavy (non-hydrogen) atoms. The summed E-state index contributed by atoms with van der Waals surface area (Å²) in [5.41, 5.74) is 1.34. The summed E-state index contributed by atoms with van der Waals surface area (Å²) in [6, 6.07) is 0.472. The molecule has 0 saturated heterocycles. The van der Waals surface area contributed by atoms with Crippen LogP contribution in [-0.4, -0.2) is 16.3 Å². The van der Waals surface area contributed by atoms with Gasteiger partial charge in [0.15, 0.2) is 0 Å². The average Bonchev–Trinajstić information content (AvgIpc) is 2.68. The Hall–Kier alpha value is -0.830. The smallest absolute Gasteiger partial charge is 0.0537 e. The lowest BCUT2D eigenvalue weighted by molar-refractivity contribution is 0.266. The lowest BCUT2D eigenvalue weighted by Crippen LogP contribution is -2.20. The molecule has 1 atom stereocenters. The van der Waals surface area contributed by atoms with Gasteiger partial charge in [-0.3, -0.25) is 4.68 Å². The van der Waals surface area contributed by atoms with E-state index in [1.165, 1.54) is 24.8 Å². The van der Waals surface area contributed by atoms with Gasteiger partial charge in [-0.05, 0) is 31.7 Å². The number of aromatic nitrogens is 2. The van der Waals surface area contributed by atoms with E-state index < -0.39 is 0 Å². The van der Waals surface area contributed by atoms with Crippen molar-refractivity contribution in [2.24, 2.45) is 5.92 Å². The van der Waals surface area contributed by atoms with Gasteiger partial charge >= 0.3 is 0 Å². The van der Waals surface area contributed by atoms with E-state index in [1.54, 1.807) is 0 Å². The molecule has 1 aromatic rings. The largest absolute Gasteiger partial charge is 0.310 e. The van der Waals surface area contributed by atoms with Crippen molar-refractivity contribution in [3.05, 3.63) is 18.0 Å². The van der Waals surface area contributed by atoms with E-state index in [2.05, 4.69) is 35.1 Å². The van der Waals surface area contributed by atoms with Crippen LogP contribution >= 0.6 is 0 Å². The zero-order chi connectivity index (χ0) is 11.4. The normalized spacial score (nSPS) is 18.4. The average molecular weight is 221 g/mol. The Morgan fingerprint density at radius 2 is 2.31 bits per heavy atom. The van der Waals surface area contributed by atoms with E-state index in [1.807, 2.05) is 6.20 Å². The van der Waals surface area contributed by atoms with Gasteiger partial charge in [0.05, 0.1) is 6.20 Å². The van der Waals surface area contributed by atoms with Crippen LogP contribution in [0, 0.1) is 5.92 Å². The fourth-order valence-corrected chi connectivity index (χ4v) is 2.34. The van der Waals surface area contributed by atoms with Crippen molar-refractivity contribution in [1.82, 2.24) is 15.1 Å². The van der Waals surface area contributed by atoms with E-state index in [0.717, 1.165) is 25.4 Å². The van der Waals surface area contributed by atoms with Gasteiger partial charge in [0.2, 0.25) is 0 Å². The van der Waals surface area contributed by atoms with Gasteiger partial charge in [0.25, 0.3) is 0 Å². The first kappa shape index (κ1) is 11.6. The summed E-state index contributed by atoms with van der Waals surface area (Å²) < 4.78 is 2.12. The topological polar surface area (TPSA) is 29.9 Å². The van der Waals surface area contributed by atoms with Crippen molar-refractivity contribution in [3.8, 4) is 0 Å². The number of hydrogen-bond acceptors (Lipinski definition) is 2. The summed E-state index contributed by atoms with van der Waals surface area (Å²) in [7, 11) is 0. The molecule has 1 unspecified atom stereocenters. The third-order valence-electron chi connectivity index (χ3n) is 3.58. The van der Waals surface area contributed by atoms with Crippen LogP contribution in [0.2, 0.25) is 0 Å². The minimum atomic E-state index is 0.472. The zero-order valence-electron chi connectivity index (χ0n) is 10.4. The summed E-state index contributed by atoms with van der Waals surface area (Å²) in [4.78, 5) is 0. The molecule has 1 saturated carbocycles. The van der Waals surface area contributed by atoms with E-state index in [9.17, 15) is 0 Å². The van der Waals surface area contributed by atoms with Crippen LogP contribution in [0.25, 0.3) is 0 Å². The van der Waals surface area contributed by atoms with Gasteiger partial charge in [0, 0.05) is 24.3 Å². The molecule has 3 nitrogen and oxygen atoms in total. The molecular weight excluding hydrogens is 198 g/mol. The third kappa shape index (κ3) is 2.64. The van der Waals surface area contributed by atoms with Crippen molar-refractivity contribution >= 4 is 0 Å². The summed E-state index contributed by atoms with van der Waals surface area (Å²) >= 11 is 0. The predicted octanol–water partition coefficient (Wildman–Crippen LogP) is 2.74. The molecule has 0 radical (unpaired) electrons. The van der Waals surface area contributed by atoms with Gasteiger partial charge < -0.3 is 5.32 Å². The molecule has 90 valence electrons. The highest BCUT2D eigenvalue weighted by Crippen LogP contribution is 2.28. The van der Waals surface area contributed by atoms with E-state index in [4.69, 9.17) is 0 Å². The first-order valence-electron chi connectivity index (χ1n) is 6.59. The van der Waals surface area contributed by atoms with Crippen LogP contribution in [0.1, 0.15) is 51.1 Å². The maximum absolute atomic E-state index is 4.47. The Morgan fingerprint density at radius 3 is 2.88 bits per heavy atom. The van der Waals surface area contributed by atoms with E-state index in [-0.39, 0.29) is 0 Å². The molecular formula is C13H23N3. The van der Waals surface area contributed by atoms with Crippen molar-refractivity contribution in [2.45, 2.75) is 52.1 Å². The van der Waals surface area contributed by atoms with Gasteiger partial charge in [-0.2, -0.15) is 5.10 Å². The quantitative estimate of drug-likeness (QED) is 0.800. The lowest BCUT2D eigenvalue weighted by atomic mass is 9.85. The second-order valence-corrected chi connectivity index (χ2v) is 4.81. The molecule has 1 aliphatic carbocycles. The standard InChI is InChI=1S/C13H23N3/c1-3-13(14-4-2)12-8-15-16(10-12)9-11-6-5-7-11/h8,10-11,13-14H,3-7,9H2,1-2H3. The first-order chi connectivity index (χ1) is 7.83. The summed E-state index contributed by atoms with van der Waals surface area (Å²) in [5.74, 6) is 0.881. The first-order valence-corrected chi connectivity index (χ1v) is 6.59. The monoisotopic (exact) mass is 221 g/mol. The Morgan fingerprint density at radius 1 is 1.50 bits per heavy atom. The van der Waals surface area contributed by atoms with Crippen molar-refractivity contribution in [2.75, 3.05) is 6.54 Å². The maximum atomic E-state index is 4.47. The Labute approximate surface area is 98.2 Å². The molecule has 1 heterocycles. The van der Waals surface area contributed by atoms with Crippen LogP contribution in [0.3, 0.4) is 0 Å². The second kappa shape index (κ2) is 5.48. The number of nitrogens with one attached hydrogen (secondary N) is 1. The highest BCUT2D eigenvalue weighted by Gasteiger charge is 2.18. The van der Waals surface area contributed by atoms with E-state index >= 15 is 0 Å². The molecule has 0 amide bonds. The summed E-state index contributed by atoms with van der Waals surface area (Å²) in [6.07, 6.45) is 9.56. The maximum Gasteiger partial charge on any atom is 0.0537 e. The molecule has 1 aliphatic rings. The predicted molar refractivity (Wildman–Crippen MR) is 66.3 cm³/mol. The van der Waals surface area contributed by atoms with Crippen LogP contribution in [0.15, 0.2) is 12.4 Å². The second-order valence-electron chi connectivity index (χ2n) is 4.81. The molecule has 2 rings (SSSR count). The molecule has 1 N–H and O–H groups in total. The molecule has 0 bridgehead atoms. The van der Waals surface area contributed by atoms with Crippen molar-refractivity contribution < 1.29 is 0 Å². The lowest BCUT2D eigenvalue weighted by Gasteiger charge is -2.24. The highest BCUT2D eigenvalue weighted by atomic mass is 15.3. The van der Waals surface area contributed by atoms with Crippen LogP contribution in [0.4, 0.5) is 0 Å². The van der Waals surface area contributed by atoms with Gasteiger partial charge in [-0.15, -0.1) is 0 Å². The fraction of sp³-hybridized carbons (Fsp3) is 0.769. The molecule has 3 heteroatoms. The Bertz CT molecular complexity index is 315. The minimum Gasteiger partial charge on any atom is -0.310 e. The minimum absolute atomic E-state index is 0.472. The molecule has 0 aromatic carbocycles. The van der Waals surface area contributed by atoms with Crippen LogP contribution in [-0.2, 0) is 6.54 Å². The van der Waals surface area contributed by atoms with Crippen molar-refractivity contribution in [3.63, 3.8) is 0 Å². The number of nitrogens with zero attached hydrogens (tertiary/aromatic N) is 2. The fourth-order valence-electron chi connectivity index (χ4n) is 2.34. The number of rotatable bonds is 6. The Kier molecular flexibility index (Phi) is 3.99. The van der Waals surface area contributed by atoms with Gasteiger partial charge in [-0.25, -0.2) is 0 Å². The molecule has 1 fully saturated rings. The SMILES string of the molecule is CCNC(CC)c1cnn(CC2CCC2)c1. The van der Waals surface area contributed by atoms with Crippen LogP contribution < -0.4 is 5.32 Å². The van der Waals surface area contributed by atoms with Gasteiger partial charge in [0.1, 0.15) is 0 Å². The van der Waals surface area contributed by atoms with Crippen LogP contribution in [0.5, 0.6) is 0 Å². The highest BCUT2D eigenvalue weighted by molar-refractivity contribution is 5.10. The van der Waals surface area contributed by atoms with E-state index in [0.29, 0.717) is 6.04 Å². The van der Waals surface area contributed by atoms with Crippen molar-refractivity contribution in [1.29, 1.82) is 0 Å². The zero-order valence-corrected chi connectivity index (χ0v) is 10.4.